The molecule has 6 heteroatoms. The van der Waals surface area contributed by atoms with Crippen LogP contribution < -0.4 is 0 Å². The zero-order valence-electron chi connectivity index (χ0n) is 9.54. The van der Waals surface area contributed by atoms with Gasteiger partial charge < -0.3 is 5.11 Å². The monoisotopic (exact) mass is 288 g/mol. The van der Waals surface area contributed by atoms with Crippen LogP contribution in [0.1, 0.15) is 18.4 Å². The third-order valence-electron chi connectivity index (χ3n) is 2.96. The fraction of sp³-hybridized carbons (Fsp3) is 0.417. The van der Waals surface area contributed by atoms with Crippen LogP contribution in [0, 0.1) is 5.92 Å². The molecular weight excluding hydrogens is 276 g/mol. The topological polar surface area (TPSA) is 71.4 Å². The summed E-state index contributed by atoms with van der Waals surface area (Å²) in [6.07, 6.45) is 1.35. The molecule has 1 N–H and O–H groups in total. The highest BCUT2D eigenvalue weighted by atomic mass is 35.5. The molecule has 1 saturated carbocycles. The molecule has 4 nitrogen and oxygen atoms in total. The van der Waals surface area contributed by atoms with E-state index in [1.54, 1.807) is 24.3 Å². The van der Waals surface area contributed by atoms with Crippen LogP contribution >= 0.6 is 11.6 Å². The standard InChI is InChI=1S/C12H13ClO4S/c13-10-5-1-8(2-6-10)7-18(16,17)11(12(14)15)9-3-4-9/h1-2,5-6,9,11H,3-4,7H2,(H,14,15). The summed E-state index contributed by atoms with van der Waals surface area (Å²) in [5.74, 6) is -1.72. The lowest BCUT2D eigenvalue weighted by molar-refractivity contribution is -0.136. The smallest absolute Gasteiger partial charge is 0.322 e. The van der Waals surface area contributed by atoms with Gasteiger partial charge in [-0.05, 0) is 36.5 Å². The Hall–Kier alpha value is -1.07. The third kappa shape index (κ3) is 3.03. The SMILES string of the molecule is O=C(O)C(C1CC1)S(=O)(=O)Cc1ccc(Cl)cc1. The first-order chi connectivity index (χ1) is 8.40. The number of rotatable bonds is 5. The quantitative estimate of drug-likeness (QED) is 0.901. The zero-order valence-corrected chi connectivity index (χ0v) is 11.1. The summed E-state index contributed by atoms with van der Waals surface area (Å²) in [5.41, 5.74) is 0.561. The lowest BCUT2D eigenvalue weighted by Gasteiger charge is -2.12. The lowest BCUT2D eigenvalue weighted by Crippen LogP contribution is -2.33. The maximum Gasteiger partial charge on any atom is 0.322 e. The normalized spacial score (nSPS) is 17.4. The molecule has 1 aliphatic rings. The van der Waals surface area contributed by atoms with Crippen molar-refractivity contribution in [2.45, 2.75) is 23.8 Å². The molecule has 0 amide bonds. The second-order valence-electron chi connectivity index (χ2n) is 4.53. The third-order valence-corrected chi connectivity index (χ3v) is 5.31. The van der Waals surface area contributed by atoms with Gasteiger partial charge in [-0.25, -0.2) is 8.42 Å². The van der Waals surface area contributed by atoms with E-state index in [9.17, 15) is 13.2 Å². The van der Waals surface area contributed by atoms with Crippen molar-refractivity contribution in [1.82, 2.24) is 0 Å². The van der Waals surface area contributed by atoms with Crippen LogP contribution in [-0.2, 0) is 20.4 Å². The molecule has 1 fully saturated rings. The van der Waals surface area contributed by atoms with E-state index in [-0.39, 0.29) is 11.7 Å². The minimum absolute atomic E-state index is 0.222. The zero-order chi connectivity index (χ0) is 13.3. The van der Waals surface area contributed by atoms with Gasteiger partial charge in [0.15, 0.2) is 15.1 Å². The second-order valence-corrected chi connectivity index (χ2v) is 7.09. The van der Waals surface area contributed by atoms with Crippen molar-refractivity contribution in [3.8, 4) is 0 Å². The summed E-state index contributed by atoms with van der Waals surface area (Å²) in [7, 11) is -3.67. The number of carbonyl (C=O) groups is 1. The molecule has 98 valence electrons. The van der Waals surface area contributed by atoms with Gasteiger partial charge >= 0.3 is 5.97 Å². The number of carboxylic acid groups (broad SMARTS) is 1. The maximum absolute atomic E-state index is 12.1. The number of hydrogen-bond donors (Lipinski definition) is 1. The first-order valence-corrected chi connectivity index (χ1v) is 7.68. The van der Waals surface area contributed by atoms with E-state index in [4.69, 9.17) is 16.7 Å². The fourth-order valence-electron chi connectivity index (χ4n) is 1.95. The Bertz CT molecular complexity index is 546. The Labute approximate surface area is 110 Å². The first-order valence-electron chi connectivity index (χ1n) is 5.59. The van der Waals surface area contributed by atoms with Crippen LogP contribution in [0.2, 0.25) is 5.02 Å². The van der Waals surface area contributed by atoms with Gasteiger partial charge in [-0.15, -0.1) is 0 Å². The van der Waals surface area contributed by atoms with E-state index in [2.05, 4.69) is 0 Å². The Morgan fingerprint density at radius 2 is 1.89 bits per heavy atom. The van der Waals surface area contributed by atoms with Crippen LogP contribution in [0.15, 0.2) is 24.3 Å². The molecule has 0 aliphatic heterocycles. The second kappa shape index (κ2) is 4.90. The maximum atomic E-state index is 12.1. The van der Waals surface area contributed by atoms with Crippen molar-refractivity contribution in [2.24, 2.45) is 5.92 Å². The summed E-state index contributed by atoms with van der Waals surface area (Å²) in [6.45, 7) is 0. The van der Waals surface area contributed by atoms with Crippen molar-refractivity contribution < 1.29 is 18.3 Å². The molecule has 0 bridgehead atoms. The number of sulfone groups is 1. The van der Waals surface area contributed by atoms with Crippen LogP contribution in [0.3, 0.4) is 0 Å². The van der Waals surface area contributed by atoms with Crippen LogP contribution in [-0.4, -0.2) is 24.7 Å². The van der Waals surface area contributed by atoms with Gasteiger partial charge in [0.25, 0.3) is 0 Å². The van der Waals surface area contributed by atoms with Gasteiger partial charge in [0, 0.05) is 5.02 Å². The Morgan fingerprint density at radius 3 is 2.33 bits per heavy atom. The van der Waals surface area contributed by atoms with Crippen molar-refractivity contribution in [1.29, 1.82) is 0 Å². The van der Waals surface area contributed by atoms with Gasteiger partial charge in [-0.1, -0.05) is 23.7 Å². The van der Waals surface area contributed by atoms with E-state index < -0.39 is 21.1 Å². The molecule has 1 aliphatic carbocycles. The van der Waals surface area contributed by atoms with Gasteiger partial charge in [-0.2, -0.15) is 0 Å². The fourth-order valence-corrected chi connectivity index (χ4v) is 4.08. The molecule has 18 heavy (non-hydrogen) atoms. The summed E-state index contributed by atoms with van der Waals surface area (Å²) < 4.78 is 24.2. The Morgan fingerprint density at radius 1 is 1.33 bits per heavy atom. The van der Waals surface area contributed by atoms with Crippen LogP contribution in [0.25, 0.3) is 0 Å². The molecule has 0 radical (unpaired) electrons. The van der Waals surface area contributed by atoms with Gasteiger partial charge in [0.05, 0.1) is 5.75 Å². The van der Waals surface area contributed by atoms with Crippen molar-refractivity contribution >= 4 is 27.4 Å². The van der Waals surface area contributed by atoms with Gasteiger partial charge in [0.2, 0.25) is 0 Å². The molecule has 1 aromatic rings. The number of hydrogen-bond acceptors (Lipinski definition) is 3. The Balaban J connectivity index is 2.20. The van der Waals surface area contributed by atoms with E-state index in [1.807, 2.05) is 0 Å². The molecule has 0 heterocycles. The van der Waals surface area contributed by atoms with Gasteiger partial charge in [0.1, 0.15) is 0 Å². The summed E-state index contributed by atoms with van der Waals surface area (Å²) >= 11 is 5.71. The van der Waals surface area contributed by atoms with E-state index in [0.717, 1.165) is 0 Å². The highest BCUT2D eigenvalue weighted by Gasteiger charge is 2.44. The van der Waals surface area contributed by atoms with Crippen molar-refractivity contribution in [3.63, 3.8) is 0 Å². The summed E-state index contributed by atoms with van der Waals surface area (Å²) in [6, 6.07) is 6.40. The molecule has 1 aromatic carbocycles. The number of carboxylic acids is 1. The van der Waals surface area contributed by atoms with Crippen LogP contribution in [0.4, 0.5) is 0 Å². The van der Waals surface area contributed by atoms with E-state index in [1.165, 1.54) is 0 Å². The van der Waals surface area contributed by atoms with E-state index >= 15 is 0 Å². The predicted octanol–water partition coefficient (Wildman–Crippen LogP) is 2.12. The summed E-state index contributed by atoms with van der Waals surface area (Å²) in [4.78, 5) is 11.1. The number of halogens is 1. The predicted molar refractivity (Wildman–Crippen MR) is 68.2 cm³/mol. The van der Waals surface area contributed by atoms with Crippen molar-refractivity contribution in [3.05, 3.63) is 34.9 Å². The van der Waals surface area contributed by atoms with E-state index in [0.29, 0.717) is 23.4 Å². The van der Waals surface area contributed by atoms with Gasteiger partial charge in [-0.3, -0.25) is 4.79 Å². The molecule has 2 rings (SSSR count). The molecule has 0 saturated heterocycles. The minimum Gasteiger partial charge on any atom is -0.480 e. The molecular formula is C12H13ClO4S. The minimum atomic E-state index is -3.67. The highest BCUT2D eigenvalue weighted by Crippen LogP contribution is 2.37. The number of benzene rings is 1. The average Bonchev–Trinajstić information content (AvgIpc) is 3.04. The molecule has 1 unspecified atom stereocenters. The first kappa shape index (κ1) is 13.4. The molecule has 1 atom stereocenters. The Kier molecular flexibility index (Phi) is 3.64. The highest BCUT2D eigenvalue weighted by molar-refractivity contribution is 7.92. The molecule has 0 spiro atoms. The average molecular weight is 289 g/mol. The largest absolute Gasteiger partial charge is 0.480 e. The number of aliphatic carboxylic acids is 1. The lowest BCUT2D eigenvalue weighted by atomic mass is 10.2. The molecule has 0 aromatic heterocycles. The van der Waals surface area contributed by atoms with Crippen molar-refractivity contribution in [2.75, 3.05) is 0 Å². The van der Waals surface area contributed by atoms with Crippen LogP contribution in [0.5, 0.6) is 0 Å². The summed E-state index contributed by atoms with van der Waals surface area (Å²) in [5, 5.41) is 8.29.